The highest BCUT2D eigenvalue weighted by molar-refractivity contribution is 5.92. The molecule has 6 nitrogen and oxygen atoms in total. The van der Waals surface area contributed by atoms with Crippen molar-refractivity contribution in [2.75, 3.05) is 6.54 Å². The van der Waals surface area contributed by atoms with Crippen LogP contribution in [0.2, 0.25) is 0 Å². The molecule has 28 heavy (non-hydrogen) atoms. The first-order chi connectivity index (χ1) is 13.4. The molecule has 0 N–H and O–H groups in total. The van der Waals surface area contributed by atoms with E-state index in [2.05, 4.69) is 0 Å². The van der Waals surface area contributed by atoms with Crippen molar-refractivity contribution in [3.05, 3.63) is 35.4 Å². The first kappa shape index (κ1) is 20.4. The minimum absolute atomic E-state index is 0.128. The highest BCUT2D eigenvalue weighted by Crippen LogP contribution is 2.24. The monoisotopic (exact) mass is 386 g/mol. The molecule has 0 saturated carbocycles. The Hall–Kier alpha value is -2.37. The Morgan fingerprint density at radius 2 is 1.75 bits per heavy atom. The molecule has 152 valence electrons. The van der Waals surface area contributed by atoms with E-state index in [-0.39, 0.29) is 23.9 Å². The number of hydrogen-bond acceptors (Lipinski definition) is 4. The molecule has 2 aliphatic rings. The van der Waals surface area contributed by atoms with Crippen molar-refractivity contribution < 1.29 is 19.1 Å². The summed E-state index contributed by atoms with van der Waals surface area (Å²) >= 11 is 0. The molecule has 2 aliphatic heterocycles. The van der Waals surface area contributed by atoms with E-state index in [0.717, 1.165) is 37.8 Å². The standard InChI is InChI=1S/C22H30N2O4/c1-15-6-4-7-16(2)24(15)21(26)17(3)28-22(27)19-11-9-18(10-12-19)14-23-13-5-8-20(23)25/h9-12,15-17H,4-8,13-14H2,1-3H3/t15-,16-,17+/m0/s1. The summed E-state index contributed by atoms with van der Waals surface area (Å²) in [5.41, 5.74) is 1.39. The van der Waals surface area contributed by atoms with Gasteiger partial charge in [-0.05, 0) is 64.2 Å². The smallest absolute Gasteiger partial charge is 0.338 e. The number of benzene rings is 1. The van der Waals surface area contributed by atoms with Crippen molar-refractivity contribution in [2.24, 2.45) is 0 Å². The molecule has 2 heterocycles. The van der Waals surface area contributed by atoms with Crippen molar-refractivity contribution in [3.8, 4) is 0 Å². The average Bonchev–Trinajstić information content (AvgIpc) is 3.06. The van der Waals surface area contributed by atoms with Crippen molar-refractivity contribution in [1.29, 1.82) is 0 Å². The minimum Gasteiger partial charge on any atom is -0.449 e. The Bertz CT molecular complexity index is 721. The summed E-state index contributed by atoms with van der Waals surface area (Å²) in [4.78, 5) is 40.6. The van der Waals surface area contributed by atoms with Crippen molar-refractivity contribution in [2.45, 2.75) is 77.6 Å². The average molecular weight is 386 g/mol. The van der Waals surface area contributed by atoms with Gasteiger partial charge >= 0.3 is 5.97 Å². The number of carbonyl (C=O) groups excluding carboxylic acids is 3. The van der Waals surface area contributed by atoms with Crippen LogP contribution in [0.25, 0.3) is 0 Å². The van der Waals surface area contributed by atoms with Crippen LogP contribution in [0.15, 0.2) is 24.3 Å². The second kappa shape index (κ2) is 8.76. The fourth-order valence-electron chi connectivity index (χ4n) is 4.18. The predicted molar refractivity (Wildman–Crippen MR) is 106 cm³/mol. The zero-order valence-electron chi connectivity index (χ0n) is 17.0. The van der Waals surface area contributed by atoms with Gasteiger partial charge in [-0.15, -0.1) is 0 Å². The van der Waals surface area contributed by atoms with E-state index >= 15 is 0 Å². The molecule has 6 heteroatoms. The SMILES string of the molecule is C[C@@H](OC(=O)c1ccc(CN2CCCC2=O)cc1)C(=O)N1[C@@H](C)CCC[C@@H]1C. The molecule has 2 saturated heterocycles. The molecule has 1 aromatic rings. The quantitative estimate of drug-likeness (QED) is 0.729. The topological polar surface area (TPSA) is 66.9 Å². The molecular weight excluding hydrogens is 356 g/mol. The van der Waals surface area contributed by atoms with E-state index in [1.165, 1.54) is 0 Å². The zero-order valence-corrected chi connectivity index (χ0v) is 17.0. The molecular formula is C22H30N2O4. The number of ether oxygens (including phenoxy) is 1. The van der Waals surface area contributed by atoms with Gasteiger partial charge in [0.25, 0.3) is 5.91 Å². The lowest BCUT2D eigenvalue weighted by molar-refractivity contribution is -0.146. The molecule has 2 amide bonds. The molecule has 3 rings (SSSR count). The summed E-state index contributed by atoms with van der Waals surface area (Å²) in [5, 5.41) is 0. The van der Waals surface area contributed by atoms with Crippen LogP contribution in [0, 0.1) is 0 Å². The maximum absolute atomic E-state index is 12.8. The largest absolute Gasteiger partial charge is 0.449 e. The number of carbonyl (C=O) groups is 3. The normalized spacial score (nSPS) is 23.6. The van der Waals surface area contributed by atoms with E-state index in [0.29, 0.717) is 18.5 Å². The van der Waals surface area contributed by atoms with Crippen LogP contribution in [-0.4, -0.2) is 52.3 Å². The highest BCUT2D eigenvalue weighted by Gasteiger charge is 2.33. The molecule has 0 aromatic heterocycles. The van der Waals surface area contributed by atoms with Gasteiger partial charge in [0.2, 0.25) is 5.91 Å². The van der Waals surface area contributed by atoms with Crippen LogP contribution in [0.3, 0.4) is 0 Å². The summed E-state index contributed by atoms with van der Waals surface area (Å²) < 4.78 is 5.44. The summed E-state index contributed by atoms with van der Waals surface area (Å²) in [6, 6.07) is 7.41. The van der Waals surface area contributed by atoms with Gasteiger partial charge in [-0.1, -0.05) is 12.1 Å². The van der Waals surface area contributed by atoms with E-state index in [1.807, 2.05) is 35.8 Å². The maximum Gasteiger partial charge on any atom is 0.338 e. The van der Waals surface area contributed by atoms with Crippen LogP contribution in [0.5, 0.6) is 0 Å². The summed E-state index contributed by atoms with van der Waals surface area (Å²) in [5.74, 6) is -0.448. The van der Waals surface area contributed by atoms with E-state index < -0.39 is 12.1 Å². The third-order valence-electron chi connectivity index (χ3n) is 5.81. The maximum atomic E-state index is 12.8. The summed E-state index contributed by atoms with van der Waals surface area (Å²) in [6.45, 7) is 7.09. The van der Waals surface area contributed by atoms with Crippen molar-refractivity contribution >= 4 is 17.8 Å². The minimum atomic E-state index is -0.808. The molecule has 0 unspecified atom stereocenters. The number of piperidine rings is 1. The lowest BCUT2D eigenvalue weighted by atomic mass is 9.97. The molecule has 0 aliphatic carbocycles. The Balaban J connectivity index is 1.57. The second-order valence-electron chi connectivity index (χ2n) is 8.04. The number of likely N-dealkylation sites (tertiary alicyclic amines) is 2. The lowest BCUT2D eigenvalue weighted by Gasteiger charge is -2.40. The molecule has 0 radical (unpaired) electrons. The predicted octanol–water partition coefficient (Wildman–Crippen LogP) is 3.14. The number of nitrogens with zero attached hydrogens (tertiary/aromatic N) is 2. The van der Waals surface area contributed by atoms with Gasteiger partial charge in [0.1, 0.15) is 0 Å². The van der Waals surface area contributed by atoms with Gasteiger partial charge in [-0.2, -0.15) is 0 Å². The molecule has 2 fully saturated rings. The first-order valence-corrected chi connectivity index (χ1v) is 10.3. The van der Waals surface area contributed by atoms with E-state index in [9.17, 15) is 14.4 Å². The Kier molecular flexibility index (Phi) is 6.37. The van der Waals surface area contributed by atoms with Crippen molar-refractivity contribution in [3.63, 3.8) is 0 Å². The van der Waals surface area contributed by atoms with Crippen LogP contribution >= 0.6 is 0 Å². The van der Waals surface area contributed by atoms with Crippen LogP contribution in [-0.2, 0) is 20.9 Å². The van der Waals surface area contributed by atoms with Gasteiger partial charge in [-0.3, -0.25) is 9.59 Å². The number of amides is 2. The fourth-order valence-corrected chi connectivity index (χ4v) is 4.18. The van der Waals surface area contributed by atoms with E-state index in [4.69, 9.17) is 4.74 Å². The van der Waals surface area contributed by atoms with Crippen LogP contribution in [0.1, 0.15) is 68.8 Å². The lowest BCUT2D eigenvalue weighted by Crippen LogP contribution is -2.51. The molecule has 3 atom stereocenters. The third kappa shape index (κ3) is 4.54. The van der Waals surface area contributed by atoms with Gasteiger partial charge in [0, 0.05) is 31.6 Å². The zero-order chi connectivity index (χ0) is 20.3. The first-order valence-electron chi connectivity index (χ1n) is 10.3. The number of hydrogen-bond donors (Lipinski definition) is 0. The second-order valence-corrected chi connectivity index (χ2v) is 8.04. The van der Waals surface area contributed by atoms with Gasteiger partial charge < -0.3 is 14.5 Å². The molecule has 1 aromatic carbocycles. The van der Waals surface area contributed by atoms with Gasteiger partial charge in [0.15, 0.2) is 6.10 Å². The van der Waals surface area contributed by atoms with Crippen LogP contribution < -0.4 is 0 Å². The van der Waals surface area contributed by atoms with E-state index in [1.54, 1.807) is 19.1 Å². The Morgan fingerprint density at radius 1 is 1.11 bits per heavy atom. The fraction of sp³-hybridized carbons (Fsp3) is 0.591. The molecule has 0 bridgehead atoms. The Labute approximate surface area is 166 Å². The van der Waals surface area contributed by atoms with Crippen LogP contribution in [0.4, 0.5) is 0 Å². The summed E-state index contributed by atoms with van der Waals surface area (Å²) in [6.07, 6.45) is 3.80. The highest BCUT2D eigenvalue weighted by atomic mass is 16.5. The molecule has 0 spiro atoms. The third-order valence-corrected chi connectivity index (χ3v) is 5.81. The Morgan fingerprint density at radius 3 is 2.32 bits per heavy atom. The summed E-state index contributed by atoms with van der Waals surface area (Å²) in [7, 11) is 0. The van der Waals surface area contributed by atoms with Crippen molar-refractivity contribution in [1.82, 2.24) is 9.80 Å². The number of rotatable bonds is 5. The van der Waals surface area contributed by atoms with Gasteiger partial charge in [0.05, 0.1) is 5.56 Å². The van der Waals surface area contributed by atoms with Gasteiger partial charge in [-0.25, -0.2) is 4.79 Å². The number of esters is 1.